The van der Waals surface area contributed by atoms with Crippen molar-refractivity contribution >= 4 is 23.2 Å². The van der Waals surface area contributed by atoms with Gasteiger partial charge in [-0.15, -0.1) is 0 Å². The van der Waals surface area contributed by atoms with Gasteiger partial charge in [0, 0.05) is 12.6 Å². The predicted molar refractivity (Wildman–Crippen MR) is 80.9 cm³/mol. The molecular weight excluding hydrogens is 281 g/mol. The first-order valence-corrected chi connectivity index (χ1v) is 7.74. The molecule has 1 N–H and O–H groups in total. The fourth-order valence-electron chi connectivity index (χ4n) is 2.81. The Morgan fingerprint density at radius 1 is 1.32 bits per heavy atom. The highest BCUT2D eigenvalue weighted by molar-refractivity contribution is 6.42. The van der Waals surface area contributed by atoms with Crippen molar-refractivity contribution in [2.45, 2.75) is 44.8 Å². The minimum atomic E-state index is -0.498. The summed E-state index contributed by atoms with van der Waals surface area (Å²) < 4.78 is 0. The van der Waals surface area contributed by atoms with Gasteiger partial charge in [0.2, 0.25) is 0 Å². The minimum absolute atomic E-state index is 0.498. The van der Waals surface area contributed by atoms with Crippen molar-refractivity contribution in [2.24, 2.45) is 0 Å². The molecule has 0 bridgehead atoms. The summed E-state index contributed by atoms with van der Waals surface area (Å²) in [6.07, 6.45) is 4.42. The first kappa shape index (κ1) is 15.1. The van der Waals surface area contributed by atoms with Crippen LogP contribution in [0, 0.1) is 0 Å². The fourth-order valence-corrected chi connectivity index (χ4v) is 3.12. The molecule has 1 saturated heterocycles. The van der Waals surface area contributed by atoms with Gasteiger partial charge in [-0.25, -0.2) is 0 Å². The molecule has 2 atom stereocenters. The predicted octanol–water partition coefficient (Wildman–Crippen LogP) is 4.29. The third-order valence-electron chi connectivity index (χ3n) is 3.96. The molecule has 0 radical (unpaired) electrons. The first-order valence-electron chi connectivity index (χ1n) is 6.99. The van der Waals surface area contributed by atoms with Gasteiger partial charge >= 0.3 is 0 Å². The van der Waals surface area contributed by atoms with Crippen molar-refractivity contribution < 1.29 is 5.11 Å². The van der Waals surface area contributed by atoms with E-state index in [0.717, 1.165) is 18.5 Å². The van der Waals surface area contributed by atoms with Crippen LogP contribution in [0.15, 0.2) is 18.2 Å². The Morgan fingerprint density at radius 3 is 2.79 bits per heavy atom. The fraction of sp³-hybridized carbons (Fsp3) is 0.600. The number of piperidine rings is 1. The lowest BCUT2D eigenvalue weighted by Crippen LogP contribution is -2.41. The third-order valence-corrected chi connectivity index (χ3v) is 4.70. The van der Waals surface area contributed by atoms with Gasteiger partial charge in [0.1, 0.15) is 0 Å². The quantitative estimate of drug-likeness (QED) is 0.897. The van der Waals surface area contributed by atoms with Crippen LogP contribution < -0.4 is 0 Å². The number of aliphatic hydroxyl groups excluding tert-OH is 1. The van der Waals surface area contributed by atoms with Crippen LogP contribution in [-0.4, -0.2) is 29.1 Å². The van der Waals surface area contributed by atoms with Crippen LogP contribution in [0.5, 0.6) is 0 Å². The number of β-amino-alcohol motifs (C(OH)–C–C–N with tert-alkyl or cyclic N) is 1. The van der Waals surface area contributed by atoms with Crippen molar-refractivity contribution in [3.05, 3.63) is 33.8 Å². The third kappa shape index (κ3) is 3.85. The van der Waals surface area contributed by atoms with Gasteiger partial charge in [0.15, 0.2) is 0 Å². The SMILES string of the molecule is CCC1CCCCN1CC(O)c1ccc(Cl)c(Cl)c1. The van der Waals surface area contributed by atoms with Gasteiger partial charge in [0.05, 0.1) is 16.1 Å². The maximum Gasteiger partial charge on any atom is 0.0917 e. The molecule has 1 aromatic rings. The summed E-state index contributed by atoms with van der Waals surface area (Å²) in [5, 5.41) is 11.4. The number of rotatable bonds is 4. The number of likely N-dealkylation sites (tertiary alicyclic amines) is 1. The summed E-state index contributed by atoms with van der Waals surface area (Å²) in [6.45, 7) is 3.97. The van der Waals surface area contributed by atoms with Crippen molar-refractivity contribution in [1.82, 2.24) is 4.90 Å². The molecule has 4 heteroatoms. The molecule has 19 heavy (non-hydrogen) atoms. The average molecular weight is 302 g/mol. The standard InChI is InChI=1S/C15H21Cl2NO/c1-2-12-5-3-4-8-18(12)10-15(19)11-6-7-13(16)14(17)9-11/h6-7,9,12,15,19H,2-5,8,10H2,1H3. The van der Waals surface area contributed by atoms with Gasteiger partial charge in [-0.2, -0.15) is 0 Å². The molecule has 2 unspecified atom stereocenters. The minimum Gasteiger partial charge on any atom is -0.387 e. The molecule has 0 saturated carbocycles. The van der Waals surface area contributed by atoms with Crippen LogP contribution in [0.3, 0.4) is 0 Å². The Labute approximate surface area is 125 Å². The lowest BCUT2D eigenvalue weighted by molar-refractivity contribution is 0.0656. The Bertz CT molecular complexity index is 425. The topological polar surface area (TPSA) is 23.5 Å². The van der Waals surface area contributed by atoms with Gasteiger partial charge in [-0.05, 0) is 43.5 Å². The van der Waals surface area contributed by atoms with Gasteiger partial charge < -0.3 is 5.11 Å². The smallest absolute Gasteiger partial charge is 0.0917 e. The number of hydrogen-bond acceptors (Lipinski definition) is 2. The largest absolute Gasteiger partial charge is 0.387 e. The van der Waals surface area contributed by atoms with Crippen molar-refractivity contribution in [3.63, 3.8) is 0 Å². The van der Waals surface area contributed by atoms with E-state index in [1.807, 2.05) is 6.07 Å². The lowest BCUT2D eigenvalue weighted by Gasteiger charge is -2.36. The zero-order valence-electron chi connectivity index (χ0n) is 11.3. The number of nitrogens with zero attached hydrogens (tertiary/aromatic N) is 1. The molecule has 2 nitrogen and oxygen atoms in total. The van der Waals surface area contributed by atoms with E-state index in [0.29, 0.717) is 22.6 Å². The summed E-state index contributed by atoms with van der Waals surface area (Å²) in [5.41, 5.74) is 0.842. The molecule has 0 aliphatic carbocycles. The number of hydrogen-bond donors (Lipinski definition) is 1. The van der Waals surface area contributed by atoms with E-state index in [4.69, 9.17) is 23.2 Å². The summed E-state index contributed by atoms with van der Waals surface area (Å²) in [4.78, 5) is 2.40. The van der Waals surface area contributed by atoms with E-state index in [9.17, 15) is 5.11 Å². The molecule has 1 aliphatic heterocycles. The highest BCUT2D eigenvalue weighted by Gasteiger charge is 2.23. The Kier molecular flexibility index (Phi) is 5.52. The summed E-state index contributed by atoms with van der Waals surface area (Å²) in [5.74, 6) is 0. The Morgan fingerprint density at radius 2 is 2.11 bits per heavy atom. The highest BCUT2D eigenvalue weighted by atomic mass is 35.5. The normalized spacial score (nSPS) is 22.4. The van der Waals surface area contributed by atoms with E-state index in [1.165, 1.54) is 19.3 Å². The van der Waals surface area contributed by atoms with Crippen LogP contribution >= 0.6 is 23.2 Å². The molecule has 0 amide bonds. The molecule has 1 aromatic carbocycles. The zero-order chi connectivity index (χ0) is 13.8. The van der Waals surface area contributed by atoms with Crippen LogP contribution in [0.4, 0.5) is 0 Å². The van der Waals surface area contributed by atoms with Crippen molar-refractivity contribution in [3.8, 4) is 0 Å². The average Bonchev–Trinajstić information content (AvgIpc) is 2.42. The number of halogens is 2. The molecule has 1 aliphatic rings. The van der Waals surface area contributed by atoms with Crippen LogP contribution in [0.2, 0.25) is 10.0 Å². The zero-order valence-corrected chi connectivity index (χ0v) is 12.8. The molecule has 2 rings (SSSR count). The van der Waals surface area contributed by atoms with Crippen LogP contribution in [0.1, 0.15) is 44.3 Å². The molecule has 0 spiro atoms. The summed E-state index contributed by atoms with van der Waals surface area (Å²) in [7, 11) is 0. The Balaban J connectivity index is 2.02. The van der Waals surface area contributed by atoms with E-state index in [1.54, 1.807) is 12.1 Å². The highest BCUT2D eigenvalue weighted by Crippen LogP contribution is 2.27. The monoisotopic (exact) mass is 301 g/mol. The van der Waals surface area contributed by atoms with Gasteiger partial charge in [0.25, 0.3) is 0 Å². The second-order valence-electron chi connectivity index (χ2n) is 5.24. The second-order valence-corrected chi connectivity index (χ2v) is 6.06. The van der Waals surface area contributed by atoms with Gasteiger partial charge in [-0.3, -0.25) is 4.90 Å². The first-order chi connectivity index (χ1) is 9.11. The van der Waals surface area contributed by atoms with Gasteiger partial charge in [-0.1, -0.05) is 42.6 Å². The van der Waals surface area contributed by atoms with E-state index in [-0.39, 0.29) is 0 Å². The van der Waals surface area contributed by atoms with E-state index >= 15 is 0 Å². The molecular formula is C15H21Cl2NO. The van der Waals surface area contributed by atoms with Crippen LogP contribution in [0.25, 0.3) is 0 Å². The van der Waals surface area contributed by atoms with Crippen LogP contribution in [-0.2, 0) is 0 Å². The summed E-state index contributed by atoms with van der Waals surface area (Å²) in [6, 6.07) is 5.96. The lowest BCUT2D eigenvalue weighted by atomic mass is 9.98. The maximum absolute atomic E-state index is 10.4. The maximum atomic E-state index is 10.4. The van der Waals surface area contributed by atoms with Crippen molar-refractivity contribution in [2.75, 3.05) is 13.1 Å². The molecule has 1 heterocycles. The van der Waals surface area contributed by atoms with Crippen molar-refractivity contribution in [1.29, 1.82) is 0 Å². The van der Waals surface area contributed by atoms with E-state index in [2.05, 4.69) is 11.8 Å². The molecule has 1 fully saturated rings. The van der Waals surface area contributed by atoms with E-state index < -0.39 is 6.10 Å². The second kappa shape index (κ2) is 6.94. The molecule has 0 aromatic heterocycles. The molecule has 106 valence electrons. The number of benzene rings is 1. The number of aliphatic hydroxyl groups is 1. The Hall–Kier alpha value is -0.280. The summed E-state index contributed by atoms with van der Waals surface area (Å²) >= 11 is 11.9.